The molecule has 1 aliphatic carbocycles. The predicted molar refractivity (Wildman–Crippen MR) is 120 cm³/mol. The van der Waals surface area contributed by atoms with E-state index in [-0.39, 0.29) is 11.9 Å². The molecule has 158 valence electrons. The number of benzene rings is 2. The average molecular weight is 472 g/mol. The van der Waals surface area contributed by atoms with E-state index < -0.39 is 0 Å². The highest BCUT2D eigenvalue weighted by molar-refractivity contribution is 9.10. The lowest BCUT2D eigenvalue weighted by Crippen LogP contribution is -2.38. The second-order valence-corrected chi connectivity index (χ2v) is 8.71. The number of imidazole rings is 1. The highest BCUT2D eigenvalue weighted by atomic mass is 79.9. The van der Waals surface area contributed by atoms with Gasteiger partial charge in [-0.15, -0.1) is 0 Å². The van der Waals surface area contributed by atoms with Gasteiger partial charge in [0.1, 0.15) is 17.3 Å². The third-order valence-electron chi connectivity index (χ3n) is 5.87. The van der Waals surface area contributed by atoms with E-state index in [1.807, 2.05) is 6.07 Å². The molecule has 1 fully saturated rings. The van der Waals surface area contributed by atoms with Crippen molar-refractivity contribution in [2.45, 2.75) is 37.6 Å². The van der Waals surface area contributed by atoms with Crippen LogP contribution in [-0.2, 0) is 7.05 Å². The van der Waals surface area contributed by atoms with Crippen molar-refractivity contribution in [3.05, 3.63) is 52.3 Å². The zero-order valence-electron chi connectivity index (χ0n) is 17.4. The Bertz CT molecular complexity index is 1060. The fourth-order valence-electron chi connectivity index (χ4n) is 4.32. The van der Waals surface area contributed by atoms with Crippen LogP contribution < -0.4 is 14.8 Å². The Labute approximate surface area is 184 Å². The summed E-state index contributed by atoms with van der Waals surface area (Å²) in [7, 11) is 5.23. The summed E-state index contributed by atoms with van der Waals surface area (Å²) in [6.45, 7) is 0. The molecule has 0 spiro atoms. The van der Waals surface area contributed by atoms with Crippen LogP contribution >= 0.6 is 15.9 Å². The minimum atomic E-state index is -0.105. The van der Waals surface area contributed by atoms with Gasteiger partial charge in [0.05, 0.1) is 25.3 Å². The number of aromatic nitrogens is 2. The van der Waals surface area contributed by atoms with Gasteiger partial charge in [0.2, 0.25) is 0 Å². The summed E-state index contributed by atoms with van der Waals surface area (Å²) in [5.74, 6) is 2.51. The van der Waals surface area contributed by atoms with Crippen LogP contribution in [0, 0.1) is 0 Å². The molecular formula is C23H26BrN3O3. The van der Waals surface area contributed by atoms with Crippen molar-refractivity contribution in [3.63, 3.8) is 0 Å². The summed E-state index contributed by atoms with van der Waals surface area (Å²) in [5.41, 5.74) is 2.67. The molecule has 0 bridgehead atoms. The van der Waals surface area contributed by atoms with Crippen molar-refractivity contribution >= 4 is 32.9 Å². The summed E-state index contributed by atoms with van der Waals surface area (Å²) < 4.78 is 13.8. The first kappa shape index (κ1) is 20.7. The van der Waals surface area contributed by atoms with Crippen molar-refractivity contribution < 1.29 is 14.3 Å². The molecule has 2 unspecified atom stereocenters. The van der Waals surface area contributed by atoms with Gasteiger partial charge in [0, 0.05) is 35.1 Å². The van der Waals surface area contributed by atoms with Gasteiger partial charge in [-0.25, -0.2) is 4.98 Å². The molecule has 0 aliphatic heterocycles. The molecule has 0 saturated heterocycles. The van der Waals surface area contributed by atoms with E-state index in [9.17, 15) is 4.79 Å². The number of hydrogen-bond acceptors (Lipinski definition) is 4. The molecule has 6 nitrogen and oxygen atoms in total. The molecular weight excluding hydrogens is 446 g/mol. The van der Waals surface area contributed by atoms with E-state index in [1.54, 1.807) is 32.4 Å². The molecule has 1 amide bonds. The van der Waals surface area contributed by atoms with Gasteiger partial charge in [0.25, 0.3) is 5.91 Å². The van der Waals surface area contributed by atoms with Crippen LogP contribution in [0.1, 0.15) is 47.8 Å². The van der Waals surface area contributed by atoms with E-state index >= 15 is 0 Å². The summed E-state index contributed by atoms with van der Waals surface area (Å²) in [4.78, 5) is 17.8. The van der Waals surface area contributed by atoms with Gasteiger partial charge in [-0.3, -0.25) is 4.79 Å². The smallest absolute Gasteiger partial charge is 0.251 e. The molecule has 1 aromatic heterocycles. The van der Waals surface area contributed by atoms with Crippen molar-refractivity contribution in [3.8, 4) is 11.5 Å². The van der Waals surface area contributed by atoms with E-state index in [0.717, 1.165) is 47.0 Å². The maximum atomic E-state index is 12.9. The normalized spacial score (nSPS) is 18.9. The lowest BCUT2D eigenvalue weighted by molar-refractivity contribution is 0.0924. The molecule has 4 rings (SSSR count). The Balaban J connectivity index is 1.51. The van der Waals surface area contributed by atoms with Gasteiger partial charge in [-0.05, 0) is 49.6 Å². The standard InChI is InChI=1S/C23H26BrN3O3/c1-27-21-8-7-16(24)12-20(21)26-22(27)14-5-4-6-17(9-14)25-23(28)15-10-18(29-2)13-19(11-15)30-3/h7-8,10-14,17H,4-6,9H2,1-3H3,(H,25,28). The molecule has 3 aromatic rings. The molecule has 0 radical (unpaired) electrons. The third-order valence-corrected chi connectivity index (χ3v) is 6.36. The number of carbonyl (C=O) groups excluding carboxylic acids is 1. The van der Waals surface area contributed by atoms with Crippen LogP contribution in [0.4, 0.5) is 0 Å². The minimum Gasteiger partial charge on any atom is -0.497 e. The maximum Gasteiger partial charge on any atom is 0.251 e. The highest BCUT2D eigenvalue weighted by Crippen LogP contribution is 2.34. The van der Waals surface area contributed by atoms with Crippen LogP contribution in [0.15, 0.2) is 40.9 Å². The summed E-state index contributed by atoms with van der Waals surface area (Å²) in [6.07, 6.45) is 3.99. The van der Waals surface area contributed by atoms with E-state index in [1.165, 1.54) is 0 Å². The summed E-state index contributed by atoms with van der Waals surface area (Å²) in [5, 5.41) is 3.21. The first-order valence-electron chi connectivity index (χ1n) is 10.1. The molecule has 7 heteroatoms. The number of ether oxygens (including phenoxy) is 2. The minimum absolute atomic E-state index is 0.105. The Hall–Kier alpha value is -2.54. The predicted octanol–water partition coefficient (Wildman–Crippen LogP) is 4.81. The van der Waals surface area contributed by atoms with Gasteiger partial charge in [0.15, 0.2) is 0 Å². The molecule has 2 atom stereocenters. The monoisotopic (exact) mass is 471 g/mol. The number of rotatable bonds is 5. The van der Waals surface area contributed by atoms with E-state index in [0.29, 0.717) is 23.0 Å². The molecule has 1 saturated carbocycles. The van der Waals surface area contributed by atoms with Gasteiger partial charge in [-0.2, -0.15) is 0 Å². The fourth-order valence-corrected chi connectivity index (χ4v) is 4.67. The Kier molecular flexibility index (Phi) is 5.99. The van der Waals surface area contributed by atoms with Crippen LogP contribution in [0.3, 0.4) is 0 Å². The second kappa shape index (κ2) is 8.68. The molecule has 1 aliphatic rings. The average Bonchev–Trinajstić information content (AvgIpc) is 3.09. The van der Waals surface area contributed by atoms with Crippen molar-refractivity contribution in [2.24, 2.45) is 7.05 Å². The van der Waals surface area contributed by atoms with Crippen molar-refractivity contribution in [1.82, 2.24) is 14.9 Å². The third kappa shape index (κ3) is 4.17. The zero-order valence-corrected chi connectivity index (χ0v) is 19.0. The fraction of sp³-hybridized carbons (Fsp3) is 0.391. The van der Waals surface area contributed by atoms with Crippen LogP contribution in [0.5, 0.6) is 11.5 Å². The van der Waals surface area contributed by atoms with Gasteiger partial charge >= 0.3 is 0 Å². The number of carbonyl (C=O) groups is 1. The zero-order chi connectivity index (χ0) is 21.3. The highest BCUT2D eigenvalue weighted by Gasteiger charge is 2.28. The Morgan fingerprint density at radius 1 is 1.13 bits per heavy atom. The number of nitrogens with zero attached hydrogens (tertiary/aromatic N) is 2. The summed E-state index contributed by atoms with van der Waals surface area (Å²) in [6, 6.07) is 11.5. The lowest BCUT2D eigenvalue weighted by Gasteiger charge is -2.29. The van der Waals surface area contributed by atoms with Gasteiger partial charge < -0.3 is 19.4 Å². The quantitative estimate of drug-likeness (QED) is 0.579. The van der Waals surface area contributed by atoms with E-state index in [2.05, 4.69) is 45.0 Å². The topological polar surface area (TPSA) is 65.4 Å². The number of fused-ring (bicyclic) bond motifs is 1. The number of aryl methyl sites for hydroxylation is 1. The number of methoxy groups -OCH3 is 2. The molecule has 1 N–H and O–H groups in total. The number of nitrogens with one attached hydrogen (secondary N) is 1. The van der Waals surface area contributed by atoms with Crippen LogP contribution in [-0.4, -0.2) is 35.7 Å². The lowest BCUT2D eigenvalue weighted by atomic mass is 9.85. The van der Waals surface area contributed by atoms with Crippen molar-refractivity contribution in [2.75, 3.05) is 14.2 Å². The molecule has 30 heavy (non-hydrogen) atoms. The molecule has 2 aromatic carbocycles. The SMILES string of the molecule is COc1cc(OC)cc(C(=O)NC2CCCC(c3nc4cc(Br)ccc4n3C)C2)c1. The van der Waals surface area contributed by atoms with Crippen molar-refractivity contribution in [1.29, 1.82) is 0 Å². The first-order valence-corrected chi connectivity index (χ1v) is 10.9. The second-order valence-electron chi connectivity index (χ2n) is 7.80. The van der Waals surface area contributed by atoms with Crippen LogP contribution in [0.2, 0.25) is 0 Å². The maximum absolute atomic E-state index is 12.9. The summed E-state index contributed by atoms with van der Waals surface area (Å²) >= 11 is 3.53. The van der Waals surface area contributed by atoms with Crippen LogP contribution in [0.25, 0.3) is 11.0 Å². The van der Waals surface area contributed by atoms with E-state index in [4.69, 9.17) is 14.5 Å². The number of hydrogen-bond donors (Lipinski definition) is 1. The van der Waals surface area contributed by atoms with Gasteiger partial charge in [-0.1, -0.05) is 22.4 Å². The first-order chi connectivity index (χ1) is 14.5. The molecule has 1 heterocycles. The Morgan fingerprint density at radius 3 is 2.57 bits per heavy atom. The Morgan fingerprint density at radius 2 is 1.87 bits per heavy atom. The largest absolute Gasteiger partial charge is 0.497 e. The number of amides is 1. The number of halogens is 1.